The zero-order valence-corrected chi connectivity index (χ0v) is 24.7. The fourth-order valence-corrected chi connectivity index (χ4v) is 4.42. The van der Waals surface area contributed by atoms with Gasteiger partial charge in [0.05, 0.1) is 11.2 Å². The zero-order chi connectivity index (χ0) is 29.9. The molecule has 2 atom stereocenters. The highest BCUT2D eigenvalue weighted by molar-refractivity contribution is 6.35. The maximum absolute atomic E-state index is 13.2. The molecule has 0 aliphatic heterocycles. The molecule has 0 fully saturated rings. The average Bonchev–Trinajstić information content (AvgIpc) is 2.99. The minimum Gasteiger partial charge on any atom is -0.488 e. The number of carbonyl (C=O) groups is 2. The predicted octanol–water partition coefficient (Wildman–Crippen LogP) is 6.53. The summed E-state index contributed by atoms with van der Waals surface area (Å²) in [5, 5.41) is 7.65. The maximum Gasteiger partial charge on any atom is 0.262 e. The van der Waals surface area contributed by atoms with E-state index in [9.17, 15) is 9.59 Å². The molecular formula is C33H31Cl2N3O4. The second-order valence-corrected chi connectivity index (χ2v) is 10.5. The Hall–Kier alpha value is -4.33. The van der Waals surface area contributed by atoms with Crippen LogP contribution in [0.15, 0.2) is 102 Å². The lowest BCUT2D eigenvalue weighted by molar-refractivity contribution is -0.132. The van der Waals surface area contributed by atoms with Gasteiger partial charge in [-0.15, -0.1) is 0 Å². The van der Waals surface area contributed by atoms with E-state index >= 15 is 0 Å². The van der Waals surface area contributed by atoms with Gasteiger partial charge >= 0.3 is 0 Å². The van der Waals surface area contributed by atoms with Crippen molar-refractivity contribution in [2.24, 2.45) is 5.10 Å². The number of hydrazone groups is 1. The number of nitrogens with zero attached hydrogens (tertiary/aromatic N) is 1. The number of benzene rings is 4. The van der Waals surface area contributed by atoms with Gasteiger partial charge in [0.2, 0.25) is 0 Å². The number of ether oxygens (including phenoxy) is 2. The summed E-state index contributed by atoms with van der Waals surface area (Å²) in [6.45, 7) is 4.00. The first-order valence-electron chi connectivity index (χ1n) is 13.3. The summed E-state index contributed by atoms with van der Waals surface area (Å²) in [7, 11) is 0. The van der Waals surface area contributed by atoms with Crippen molar-refractivity contribution in [1.82, 2.24) is 10.7 Å². The highest BCUT2D eigenvalue weighted by atomic mass is 35.5. The zero-order valence-electron chi connectivity index (χ0n) is 23.2. The van der Waals surface area contributed by atoms with Crippen molar-refractivity contribution in [1.29, 1.82) is 0 Å². The molecule has 0 bridgehead atoms. The van der Waals surface area contributed by atoms with Crippen molar-refractivity contribution in [3.8, 4) is 11.5 Å². The van der Waals surface area contributed by atoms with Gasteiger partial charge in [0.1, 0.15) is 24.1 Å². The Morgan fingerprint density at radius 3 is 2.31 bits per heavy atom. The molecule has 9 heteroatoms. The molecule has 4 aromatic rings. The topological polar surface area (TPSA) is 89.0 Å². The molecule has 4 aromatic carbocycles. The molecule has 4 rings (SSSR count). The second kappa shape index (κ2) is 15.1. The first-order chi connectivity index (χ1) is 20.3. The van der Waals surface area contributed by atoms with Crippen molar-refractivity contribution < 1.29 is 19.1 Å². The van der Waals surface area contributed by atoms with Crippen LogP contribution < -0.4 is 20.2 Å². The molecule has 0 aromatic heterocycles. The van der Waals surface area contributed by atoms with Crippen molar-refractivity contribution in [2.75, 3.05) is 0 Å². The summed E-state index contributed by atoms with van der Waals surface area (Å²) in [4.78, 5) is 26.3. The number of amides is 2. The van der Waals surface area contributed by atoms with Gasteiger partial charge in [-0.3, -0.25) is 9.59 Å². The summed E-state index contributed by atoms with van der Waals surface area (Å²) >= 11 is 12.1. The molecular weight excluding hydrogens is 573 g/mol. The Bertz CT molecular complexity index is 1530. The molecule has 0 heterocycles. The molecule has 2 amide bonds. The summed E-state index contributed by atoms with van der Waals surface area (Å²) < 4.78 is 11.7. The number of nitrogens with one attached hydrogen (secondary N) is 2. The summed E-state index contributed by atoms with van der Waals surface area (Å²) in [6.07, 6.45) is 0.826. The van der Waals surface area contributed by atoms with Gasteiger partial charge in [-0.1, -0.05) is 95.5 Å². The van der Waals surface area contributed by atoms with E-state index in [0.29, 0.717) is 28.7 Å². The van der Waals surface area contributed by atoms with Gasteiger partial charge in [0.25, 0.3) is 11.8 Å². The third-order valence-electron chi connectivity index (χ3n) is 6.29. The van der Waals surface area contributed by atoms with Crippen LogP contribution in [-0.4, -0.2) is 30.2 Å². The lowest BCUT2D eigenvalue weighted by atomic mass is 10.1. The molecule has 0 radical (unpaired) electrons. The lowest BCUT2D eigenvalue weighted by Crippen LogP contribution is -2.50. The maximum atomic E-state index is 13.2. The number of para-hydroxylation sites is 1. The van der Waals surface area contributed by atoms with Crippen molar-refractivity contribution in [3.05, 3.63) is 129 Å². The average molecular weight is 605 g/mol. The summed E-state index contributed by atoms with van der Waals surface area (Å²) in [5.41, 5.74) is 6.32. The Morgan fingerprint density at radius 2 is 1.57 bits per heavy atom. The highest BCUT2D eigenvalue weighted by Gasteiger charge is 2.25. The van der Waals surface area contributed by atoms with Crippen molar-refractivity contribution in [2.45, 2.75) is 39.0 Å². The standard InChI is InChI=1S/C33H31Cl2N3O4/c1-22-12-14-25(15-13-22)21-41-30-11-7-6-10-26(30)20-36-38-33(40)29(18-24-8-4-3-5-9-24)37-32(39)23(2)42-31-17-16-27(34)19-28(31)35/h3-17,19-20,23,29H,18,21H2,1-2H3,(H,37,39)(H,38,40)/b36-20-/t23-,29-/m0/s1. The molecule has 0 aliphatic rings. The van der Waals surface area contributed by atoms with E-state index in [1.54, 1.807) is 19.1 Å². The van der Waals surface area contributed by atoms with Crippen LogP contribution in [0.5, 0.6) is 11.5 Å². The van der Waals surface area contributed by atoms with Crippen LogP contribution in [0.25, 0.3) is 0 Å². The summed E-state index contributed by atoms with van der Waals surface area (Å²) in [6, 6.07) is 28.7. The summed E-state index contributed by atoms with van der Waals surface area (Å²) in [5.74, 6) is -0.0492. The quantitative estimate of drug-likeness (QED) is 0.142. The van der Waals surface area contributed by atoms with E-state index in [-0.39, 0.29) is 11.4 Å². The molecule has 0 unspecified atom stereocenters. The van der Waals surface area contributed by atoms with Crippen LogP contribution in [0.4, 0.5) is 0 Å². The van der Waals surface area contributed by atoms with E-state index in [0.717, 1.165) is 11.1 Å². The smallest absolute Gasteiger partial charge is 0.262 e. The monoisotopic (exact) mass is 603 g/mol. The fraction of sp³-hybridized carbons (Fsp3) is 0.182. The second-order valence-electron chi connectivity index (χ2n) is 9.63. The molecule has 216 valence electrons. The number of rotatable bonds is 12. The Kier molecular flexibility index (Phi) is 11.0. The van der Waals surface area contributed by atoms with Crippen LogP contribution in [0.3, 0.4) is 0 Å². The Balaban J connectivity index is 1.41. The molecule has 0 saturated carbocycles. The Labute approximate surface area is 255 Å². The third-order valence-corrected chi connectivity index (χ3v) is 6.83. The van der Waals surface area contributed by atoms with Gasteiger partial charge in [-0.05, 0) is 55.3 Å². The number of aryl methyl sites for hydroxylation is 1. The van der Waals surface area contributed by atoms with Crippen molar-refractivity contribution >= 4 is 41.2 Å². The van der Waals surface area contributed by atoms with E-state index < -0.39 is 24.0 Å². The first kappa shape index (κ1) is 30.6. The molecule has 7 nitrogen and oxygen atoms in total. The van der Waals surface area contributed by atoms with E-state index in [1.807, 2.05) is 85.8 Å². The molecule has 42 heavy (non-hydrogen) atoms. The fourth-order valence-electron chi connectivity index (χ4n) is 3.97. The van der Waals surface area contributed by atoms with Gasteiger partial charge in [-0.25, -0.2) is 5.43 Å². The van der Waals surface area contributed by atoms with Gasteiger partial charge in [0, 0.05) is 17.0 Å². The normalized spacial score (nSPS) is 12.4. The van der Waals surface area contributed by atoms with Crippen LogP contribution in [0, 0.1) is 6.92 Å². The van der Waals surface area contributed by atoms with E-state index in [2.05, 4.69) is 15.8 Å². The van der Waals surface area contributed by atoms with Gasteiger partial charge < -0.3 is 14.8 Å². The lowest BCUT2D eigenvalue weighted by Gasteiger charge is -2.21. The SMILES string of the molecule is Cc1ccc(COc2ccccc2/C=N\NC(=O)[C@H](Cc2ccccc2)NC(=O)[C@H](C)Oc2ccc(Cl)cc2Cl)cc1. The number of hydrogen-bond donors (Lipinski definition) is 2. The van der Waals surface area contributed by atoms with Crippen molar-refractivity contribution in [3.63, 3.8) is 0 Å². The number of hydrogen-bond acceptors (Lipinski definition) is 5. The Morgan fingerprint density at radius 1 is 0.857 bits per heavy atom. The van der Waals surface area contributed by atoms with E-state index in [4.69, 9.17) is 32.7 Å². The van der Waals surface area contributed by atoms with Gasteiger partial charge in [0.15, 0.2) is 6.10 Å². The molecule has 0 aliphatic carbocycles. The highest BCUT2D eigenvalue weighted by Crippen LogP contribution is 2.28. The number of halogens is 2. The minimum atomic E-state index is -0.934. The van der Waals surface area contributed by atoms with Crippen LogP contribution in [0.1, 0.15) is 29.2 Å². The van der Waals surface area contributed by atoms with Crippen LogP contribution in [-0.2, 0) is 22.6 Å². The van der Waals surface area contributed by atoms with E-state index in [1.165, 1.54) is 17.8 Å². The minimum absolute atomic E-state index is 0.249. The molecule has 0 saturated heterocycles. The molecule has 0 spiro atoms. The largest absolute Gasteiger partial charge is 0.488 e. The van der Waals surface area contributed by atoms with Crippen LogP contribution in [0.2, 0.25) is 10.0 Å². The molecule has 2 N–H and O–H groups in total. The van der Waals surface area contributed by atoms with Gasteiger partial charge in [-0.2, -0.15) is 5.10 Å². The predicted molar refractivity (Wildman–Crippen MR) is 166 cm³/mol. The van der Waals surface area contributed by atoms with Crippen LogP contribution >= 0.6 is 23.2 Å². The third kappa shape index (κ3) is 9.09. The number of carbonyl (C=O) groups excluding carboxylic acids is 2. The first-order valence-corrected chi connectivity index (χ1v) is 14.1.